The van der Waals surface area contributed by atoms with Gasteiger partial charge in [0.05, 0.1) is 26.4 Å². The van der Waals surface area contributed by atoms with E-state index in [1.807, 2.05) is 25.1 Å². The van der Waals surface area contributed by atoms with Crippen molar-refractivity contribution in [3.63, 3.8) is 0 Å². The summed E-state index contributed by atoms with van der Waals surface area (Å²) in [4.78, 5) is 52.7. The molecule has 39 heavy (non-hydrogen) atoms. The van der Waals surface area contributed by atoms with Crippen molar-refractivity contribution in [1.29, 1.82) is 0 Å². The van der Waals surface area contributed by atoms with E-state index in [1.165, 1.54) is 36.5 Å². The van der Waals surface area contributed by atoms with Crippen LogP contribution in [0.4, 0.5) is 10.3 Å². The number of aromatic nitrogens is 2. The predicted molar refractivity (Wildman–Crippen MR) is 152 cm³/mol. The summed E-state index contributed by atoms with van der Waals surface area (Å²) in [7, 11) is 0. The number of amides is 2. The average molecular weight is 583 g/mol. The summed E-state index contributed by atoms with van der Waals surface area (Å²) >= 11 is 2.75. The average Bonchev–Trinajstić information content (AvgIpc) is 3.38. The Morgan fingerprint density at radius 1 is 0.769 bits per heavy atom. The second-order valence-corrected chi connectivity index (χ2v) is 10.3. The van der Waals surface area contributed by atoms with Crippen molar-refractivity contribution in [2.24, 2.45) is 0 Å². The molecule has 4 rings (SSSR count). The molecule has 204 valence electrons. The van der Waals surface area contributed by atoms with E-state index < -0.39 is 11.9 Å². The first-order chi connectivity index (χ1) is 16.9. The number of Topliss-reactive ketones (excluding diaryl/α,β-unsaturated/α-hetero) is 1. The number of ketones is 1. The zero-order chi connectivity index (χ0) is 26.6. The summed E-state index contributed by atoms with van der Waals surface area (Å²) in [6.07, 6.45) is 0. The molecule has 2 heterocycles. The third-order valence-corrected chi connectivity index (χ3v) is 7.24. The number of benzene rings is 2. The number of carbonyl (C=O) groups is 4. The van der Waals surface area contributed by atoms with Gasteiger partial charge in [0.25, 0.3) is 0 Å². The van der Waals surface area contributed by atoms with E-state index in [2.05, 4.69) is 20.6 Å². The van der Waals surface area contributed by atoms with E-state index in [4.69, 9.17) is 5.11 Å². The molecule has 0 aliphatic rings. The summed E-state index contributed by atoms with van der Waals surface area (Å²) in [5.41, 5.74) is 3.30. The molecule has 4 aromatic rings. The van der Waals surface area contributed by atoms with Gasteiger partial charge in [-0.1, -0.05) is 49.2 Å². The Kier molecular flexibility index (Phi) is 14.6. The number of anilines is 2. The van der Waals surface area contributed by atoms with E-state index in [1.54, 1.807) is 32.0 Å². The van der Waals surface area contributed by atoms with Crippen molar-refractivity contribution in [2.75, 3.05) is 10.6 Å². The maximum Gasteiger partial charge on any atom is 1.00 e. The van der Waals surface area contributed by atoms with Gasteiger partial charge in [0.15, 0.2) is 10.3 Å². The Labute approximate surface area is 256 Å². The fourth-order valence-electron chi connectivity index (χ4n) is 3.21. The van der Waals surface area contributed by atoms with Crippen LogP contribution in [-0.2, 0) is 19.2 Å². The number of fused-ring (bicyclic) bond motifs is 2. The number of hydrogen-bond acceptors (Lipinski definition) is 9. The largest absolute Gasteiger partial charge is 1.00 e. The minimum absolute atomic E-state index is 0. The van der Waals surface area contributed by atoms with Gasteiger partial charge < -0.3 is 21.2 Å². The van der Waals surface area contributed by atoms with Crippen LogP contribution in [0.25, 0.3) is 20.4 Å². The molecule has 0 fully saturated rings. The molecule has 2 aromatic carbocycles. The molecule has 0 saturated carbocycles. The maximum atomic E-state index is 11.4. The number of nitrogens with zero attached hydrogens (tertiary/aromatic N) is 2. The molecule has 0 radical (unpaired) electrons. The molecule has 4 N–H and O–H groups in total. The minimum atomic E-state index is -0.860. The monoisotopic (exact) mass is 582 g/mol. The van der Waals surface area contributed by atoms with Gasteiger partial charge in [-0.2, -0.15) is 0 Å². The Bertz CT molecular complexity index is 1360. The van der Waals surface area contributed by atoms with Gasteiger partial charge >= 0.3 is 35.5 Å². The Morgan fingerprint density at radius 3 is 1.49 bits per heavy atom. The molecule has 2 aromatic heterocycles. The predicted octanol–water partition coefficient (Wildman–Crippen LogP) is 2.85. The molecule has 0 aliphatic heterocycles. The van der Waals surface area contributed by atoms with Crippen molar-refractivity contribution in [2.45, 2.75) is 53.9 Å². The molecule has 0 spiro atoms. The van der Waals surface area contributed by atoms with Crippen LogP contribution < -0.4 is 40.2 Å². The van der Waals surface area contributed by atoms with Gasteiger partial charge in [-0.15, -0.1) is 0 Å². The fourth-order valence-corrected chi connectivity index (χ4v) is 5.13. The number of thiazole rings is 2. The first-order valence-electron chi connectivity index (χ1n) is 11.0. The molecule has 2 atom stereocenters. The SMILES string of the molecule is C.CC(=O)Nc1nc2ccc(C(C)C(=O)O)cc2s1.CC(=O)Nc1nc2ccc(C(C)C(C)=O)cc2s1.[Na+].[OH-]. The minimum Gasteiger partial charge on any atom is -0.870 e. The number of hydrogen-bond donors (Lipinski definition) is 3. The van der Waals surface area contributed by atoms with Gasteiger partial charge in [-0.05, 0) is 49.2 Å². The molecule has 0 bridgehead atoms. The summed E-state index contributed by atoms with van der Waals surface area (Å²) in [5.74, 6) is -1.69. The van der Waals surface area contributed by atoms with Gasteiger partial charge in [0.2, 0.25) is 11.8 Å². The third-order valence-electron chi connectivity index (χ3n) is 5.37. The van der Waals surface area contributed by atoms with Gasteiger partial charge in [-0.25, -0.2) is 9.97 Å². The van der Waals surface area contributed by atoms with Crippen LogP contribution in [0.5, 0.6) is 0 Å². The number of aliphatic carboxylic acids is 1. The van der Waals surface area contributed by atoms with E-state index in [-0.39, 0.29) is 66.0 Å². The third kappa shape index (κ3) is 9.75. The first-order valence-corrected chi connectivity index (χ1v) is 12.7. The number of carbonyl (C=O) groups excluding carboxylic acids is 3. The van der Waals surface area contributed by atoms with Crippen LogP contribution in [0.2, 0.25) is 0 Å². The van der Waals surface area contributed by atoms with Crippen LogP contribution in [0, 0.1) is 0 Å². The van der Waals surface area contributed by atoms with Crippen LogP contribution in [0.15, 0.2) is 36.4 Å². The summed E-state index contributed by atoms with van der Waals surface area (Å²) in [6, 6.07) is 11.1. The van der Waals surface area contributed by atoms with Gasteiger partial charge in [0.1, 0.15) is 5.78 Å². The quantitative estimate of drug-likeness (QED) is 0.292. The van der Waals surface area contributed by atoms with Crippen LogP contribution in [-0.4, -0.2) is 44.1 Å². The van der Waals surface area contributed by atoms with Crippen molar-refractivity contribution >= 4 is 76.9 Å². The Morgan fingerprint density at radius 2 is 1.15 bits per heavy atom. The zero-order valence-corrected chi connectivity index (χ0v) is 25.5. The van der Waals surface area contributed by atoms with Crippen molar-refractivity contribution in [3.8, 4) is 0 Å². The number of nitrogens with one attached hydrogen (secondary N) is 2. The van der Waals surface area contributed by atoms with Crippen LogP contribution in [0.1, 0.15) is 65.0 Å². The smallest absolute Gasteiger partial charge is 0.870 e. The molecule has 10 nitrogen and oxygen atoms in total. The van der Waals surface area contributed by atoms with E-state index in [9.17, 15) is 19.2 Å². The number of rotatable bonds is 6. The fraction of sp³-hybridized carbons (Fsp3) is 0.308. The molecular formula is C26H31N4NaO6S2. The van der Waals surface area contributed by atoms with Gasteiger partial charge in [0, 0.05) is 19.8 Å². The van der Waals surface area contributed by atoms with E-state index in [0.717, 1.165) is 31.6 Å². The molecule has 2 amide bonds. The van der Waals surface area contributed by atoms with Crippen molar-refractivity contribution in [3.05, 3.63) is 47.5 Å². The summed E-state index contributed by atoms with van der Waals surface area (Å²) in [6.45, 7) is 7.99. The zero-order valence-electron chi connectivity index (χ0n) is 21.9. The summed E-state index contributed by atoms with van der Waals surface area (Å²) < 4.78 is 1.84. The van der Waals surface area contributed by atoms with Crippen LogP contribution in [0.3, 0.4) is 0 Å². The maximum absolute atomic E-state index is 11.4. The topological polar surface area (TPSA) is 168 Å². The van der Waals surface area contributed by atoms with Crippen molar-refractivity contribution in [1.82, 2.24) is 9.97 Å². The van der Waals surface area contributed by atoms with E-state index >= 15 is 0 Å². The molecule has 0 saturated heterocycles. The van der Waals surface area contributed by atoms with E-state index in [0.29, 0.717) is 10.3 Å². The van der Waals surface area contributed by atoms with Crippen LogP contribution >= 0.6 is 22.7 Å². The Balaban J connectivity index is 0.000000688. The number of carboxylic acid groups (broad SMARTS) is 1. The summed E-state index contributed by atoms with van der Waals surface area (Å²) in [5, 5.41) is 15.4. The van der Waals surface area contributed by atoms with Gasteiger partial charge in [-0.3, -0.25) is 19.2 Å². The molecule has 13 heteroatoms. The van der Waals surface area contributed by atoms with Crippen molar-refractivity contribution < 1.29 is 59.3 Å². The first kappa shape index (κ1) is 36.3. The Hall–Kier alpha value is -2.74. The number of carboxylic acids is 1. The normalized spacial score (nSPS) is 11.4. The standard InChI is InChI=1S/C13H14N2O2S.C12H12N2O3S.CH4.Na.H2O/c1-7(8(2)16)10-4-5-11-12(6-10)18-13(15-11)14-9(3)17;1-6(11(16)17)8-3-4-9-10(5-8)18-12(14-9)13-7(2)15;;;/h4-7H,1-3H3,(H,14,15,17);3-6H,1-2H3,(H,16,17)(H,13,14,15);1H4;;1H2/q;;;+1;/p-1. The molecular weight excluding hydrogens is 551 g/mol. The molecule has 2 unspecified atom stereocenters. The molecule has 0 aliphatic carbocycles. The second kappa shape index (κ2) is 15.8. The second-order valence-electron chi connectivity index (χ2n) is 8.25.